The Labute approximate surface area is 112 Å². The number of hydrogen-bond acceptors (Lipinski definition) is 4. The first-order valence-electron chi connectivity index (χ1n) is 6.11. The fourth-order valence-electron chi connectivity index (χ4n) is 2.31. The van der Waals surface area contributed by atoms with Crippen molar-refractivity contribution < 1.29 is 19.1 Å². The summed E-state index contributed by atoms with van der Waals surface area (Å²) in [6.07, 6.45) is 2.30. The van der Waals surface area contributed by atoms with E-state index < -0.39 is 11.4 Å². The van der Waals surface area contributed by atoms with Gasteiger partial charge in [-0.15, -0.1) is 6.58 Å². The van der Waals surface area contributed by atoms with Crippen LogP contribution in [0.5, 0.6) is 5.75 Å². The van der Waals surface area contributed by atoms with Crippen molar-refractivity contribution in [2.75, 3.05) is 13.7 Å². The Morgan fingerprint density at radius 2 is 2.16 bits per heavy atom. The largest absolute Gasteiger partial charge is 0.497 e. The molecule has 19 heavy (non-hydrogen) atoms. The third-order valence-corrected chi connectivity index (χ3v) is 3.43. The Balaban J connectivity index is 2.33. The number of ether oxygens (including phenoxy) is 2. The number of benzene rings is 1. The highest BCUT2D eigenvalue weighted by atomic mass is 16.5. The molecule has 0 radical (unpaired) electrons. The molecular formula is C15H16O4. The predicted molar refractivity (Wildman–Crippen MR) is 70.1 cm³/mol. The lowest BCUT2D eigenvalue weighted by Crippen LogP contribution is -2.35. The number of methoxy groups -OCH3 is 1. The number of Topliss-reactive ketones (excluding diaryl/α,β-unsaturated/α-hetero) is 1. The van der Waals surface area contributed by atoms with Crippen LogP contribution in [0.25, 0.3) is 0 Å². The Kier molecular flexibility index (Phi) is 3.69. The first kappa shape index (κ1) is 13.3. The minimum Gasteiger partial charge on any atom is -0.497 e. The maximum atomic E-state index is 12.6. The summed E-state index contributed by atoms with van der Waals surface area (Å²) >= 11 is 0. The van der Waals surface area contributed by atoms with Gasteiger partial charge in [0.2, 0.25) is 0 Å². The minimum atomic E-state index is -1.10. The second-order valence-electron chi connectivity index (χ2n) is 4.52. The lowest BCUT2D eigenvalue weighted by molar-refractivity contribution is -0.144. The minimum absolute atomic E-state index is 0.211. The fraction of sp³-hybridized carbons (Fsp3) is 0.333. The molecule has 0 aliphatic carbocycles. The molecule has 100 valence electrons. The third-order valence-electron chi connectivity index (χ3n) is 3.43. The van der Waals surface area contributed by atoms with Gasteiger partial charge < -0.3 is 9.47 Å². The molecule has 4 heteroatoms. The van der Waals surface area contributed by atoms with Crippen LogP contribution in [-0.4, -0.2) is 25.5 Å². The molecule has 1 unspecified atom stereocenters. The molecule has 1 aliphatic rings. The van der Waals surface area contributed by atoms with Gasteiger partial charge in [-0.25, -0.2) is 0 Å². The Bertz CT molecular complexity index is 503. The number of cyclic esters (lactones) is 1. The van der Waals surface area contributed by atoms with Crippen LogP contribution in [0, 0.1) is 5.41 Å². The summed E-state index contributed by atoms with van der Waals surface area (Å²) in [6, 6.07) is 6.74. The van der Waals surface area contributed by atoms with E-state index in [0.29, 0.717) is 24.2 Å². The van der Waals surface area contributed by atoms with Gasteiger partial charge in [-0.3, -0.25) is 9.59 Å². The zero-order valence-corrected chi connectivity index (χ0v) is 10.8. The monoisotopic (exact) mass is 260 g/mol. The van der Waals surface area contributed by atoms with Gasteiger partial charge in [-0.1, -0.05) is 6.08 Å². The summed E-state index contributed by atoms with van der Waals surface area (Å²) < 4.78 is 10.0. The molecule has 0 aromatic heterocycles. The van der Waals surface area contributed by atoms with Crippen LogP contribution in [0.4, 0.5) is 0 Å². The topological polar surface area (TPSA) is 52.6 Å². The molecule has 2 rings (SSSR count). The van der Waals surface area contributed by atoms with Crippen molar-refractivity contribution in [1.29, 1.82) is 0 Å². The van der Waals surface area contributed by atoms with Gasteiger partial charge in [-0.05, 0) is 30.7 Å². The van der Waals surface area contributed by atoms with Crippen molar-refractivity contribution in [3.8, 4) is 5.75 Å². The maximum Gasteiger partial charge on any atom is 0.320 e. The smallest absolute Gasteiger partial charge is 0.320 e. The number of allylic oxidation sites excluding steroid dienone is 1. The average Bonchev–Trinajstić information content (AvgIpc) is 2.81. The number of carbonyl (C=O) groups excluding carboxylic acids is 2. The normalized spacial score (nSPS) is 21.8. The zero-order valence-electron chi connectivity index (χ0n) is 10.8. The summed E-state index contributed by atoms with van der Waals surface area (Å²) in [4.78, 5) is 24.5. The van der Waals surface area contributed by atoms with Crippen LogP contribution >= 0.6 is 0 Å². The maximum absolute atomic E-state index is 12.6. The third kappa shape index (κ3) is 2.26. The number of esters is 1. The molecule has 4 nitrogen and oxygen atoms in total. The van der Waals surface area contributed by atoms with E-state index in [1.807, 2.05) is 0 Å². The first-order chi connectivity index (χ1) is 9.14. The Morgan fingerprint density at radius 1 is 1.47 bits per heavy atom. The van der Waals surface area contributed by atoms with Crippen LogP contribution < -0.4 is 4.74 Å². The van der Waals surface area contributed by atoms with Crippen molar-refractivity contribution in [2.45, 2.75) is 12.8 Å². The highest BCUT2D eigenvalue weighted by molar-refractivity contribution is 6.13. The summed E-state index contributed by atoms with van der Waals surface area (Å²) in [5, 5.41) is 0. The van der Waals surface area contributed by atoms with E-state index in [9.17, 15) is 9.59 Å². The van der Waals surface area contributed by atoms with Crippen LogP contribution in [0.15, 0.2) is 36.9 Å². The number of rotatable bonds is 5. The number of ketones is 1. The second-order valence-corrected chi connectivity index (χ2v) is 4.52. The van der Waals surface area contributed by atoms with Gasteiger partial charge >= 0.3 is 5.97 Å². The highest BCUT2D eigenvalue weighted by Gasteiger charge is 2.50. The Hall–Kier alpha value is -2.10. The van der Waals surface area contributed by atoms with E-state index in [1.165, 1.54) is 0 Å². The van der Waals surface area contributed by atoms with Gasteiger partial charge in [0.05, 0.1) is 13.7 Å². The van der Waals surface area contributed by atoms with Crippen molar-refractivity contribution in [1.82, 2.24) is 0 Å². The molecule has 1 aliphatic heterocycles. The van der Waals surface area contributed by atoms with E-state index in [4.69, 9.17) is 9.47 Å². The van der Waals surface area contributed by atoms with Crippen molar-refractivity contribution in [3.63, 3.8) is 0 Å². The molecule has 1 fully saturated rings. The summed E-state index contributed by atoms with van der Waals surface area (Å²) in [6.45, 7) is 3.91. The SMILES string of the molecule is C=CCC1(C(=O)c2ccc(OC)cc2)CCOC1=O. The van der Waals surface area contributed by atoms with Gasteiger partial charge in [-0.2, -0.15) is 0 Å². The molecule has 1 aromatic rings. The van der Waals surface area contributed by atoms with Crippen LogP contribution in [0.1, 0.15) is 23.2 Å². The average molecular weight is 260 g/mol. The van der Waals surface area contributed by atoms with E-state index in [0.717, 1.165) is 0 Å². The molecule has 0 saturated carbocycles. The van der Waals surface area contributed by atoms with E-state index in [-0.39, 0.29) is 12.4 Å². The highest BCUT2D eigenvalue weighted by Crippen LogP contribution is 2.37. The van der Waals surface area contributed by atoms with Crippen molar-refractivity contribution >= 4 is 11.8 Å². The van der Waals surface area contributed by atoms with Crippen molar-refractivity contribution in [3.05, 3.63) is 42.5 Å². The fourth-order valence-corrected chi connectivity index (χ4v) is 2.31. The van der Waals surface area contributed by atoms with Gasteiger partial charge in [0.1, 0.15) is 11.2 Å². The van der Waals surface area contributed by atoms with Gasteiger partial charge in [0, 0.05) is 12.0 Å². The lowest BCUT2D eigenvalue weighted by Gasteiger charge is -2.21. The molecule has 1 aromatic carbocycles. The summed E-state index contributed by atoms with van der Waals surface area (Å²) in [5.74, 6) is 0.00842. The number of carbonyl (C=O) groups is 2. The van der Waals surface area contributed by atoms with Crippen molar-refractivity contribution in [2.24, 2.45) is 5.41 Å². The molecule has 1 saturated heterocycles. The zero-order chi connectivity index (χ0) is 13.9. The van der Waals surface area contributed by atoms with Crippen LogP contribution in [0.2, 0.25) is 0 Å². The summed E-state index contributed by atoms with van der Waals surface area (Å²) in [5.41, 5.74) is -0.613. The van der Waals surface area contributed by atoms with Crippen LogP contribution in [0.3, 0.4) is 0 Å². The first-order valence-corrected chi connectivity index (χ1v) is 6.11. The predicted octanol–water partition coefficient (Wildman–Crippen LogP) is 2.39. The Morgan fingerprint density at radius 3 is 2.63 bits per heavy atom. The molecule has 0 amide bonds. The quantitative estimate of drug-likeness (QED) is 0.353. The lowest BCUT2D eigenvalue weighted by atomic mass is 9.76. The molecule has 0 spiro atoms. The molecule has 1 atom stereocenters. The molecule has 1 heterocycles. The number of hydrogen-bond donors (Lipinski definition) is 0. The van der Waals surface area contributed by atoms with Crippen LogP contribution in [-0.2, 0) is 9.53 Å². The standard InChI is InChI=1S/C15H16O4/c1-3-8-15(9-10-19-14(15)17)13(16)11-4-6-12(18-2)7-5-11/h3-7H,1,8-10H2,2H3. The molecule has 0 N–H and O–H groups in total. The summed E-state index contributed by atoms with van der Waals surface area (Å²) in [7, 11) is 1.56. The molecular weight excluding hydrogens is 244 g/mol. The second kappa shape index (κ2) is 5.26. The van der Waals surface area contributed by atoms with Gasteiger partial charge in [0.25, 0.3) is 0 Å². The van der Waals surface area contributed by atoms with E-state index >= 15 is 0 Å². The molecule has 0 bridgehead atoms. The van der Waals surface area contributed by atoms with E-state index in [1.54, 1.807) is 37.5 Å². The van der Waals surface area contributed by atoms with E-state index in [2.05, 4.69) is 6.58 Å². The van der Waals surface area contributed by atoms with Gasteiger partial charge in [0.15, 0.2) is 5.78 Å².